The third kappa shape index (κ3) is 2.19. The summed E-state index contributed by atoms with van der Waals surface area (Å²) >= 11 is 6.83. The highest BCUT2D eigenvalue weighted by Gasteiger charge is 2.40. The summed E-state index contributed by atoms with van der Waals surface area (Å²) in [6, 6.07) is 1.96. The zero-order valence-electron chi connectivity index (χ0n) is 8.37. The van der Waals surface area contributed by atoms with Crippen LogP contribution in [0, 0.1) is 0 Å². The first-order chi connectivity index (χ1) is 7.04. The number of rotatable bonds is 2. The Balaban J connectivity index is 2.13. The number of hydrogen-bond acceptors (Lipinski definition) is 3. The first-order valence-electron chi connectivity index (χ1n) is 4.82. The largest absolute Gasteiger partial charge is 0.386 e. The maximum atomic E-state index is 9.90. The normalized spacial score (nSPS) is 18.8. The molecule has 3 nitrogen and oxygen atoms in total. The molecule has 1 N–H and O–H groups in total. The van der Waals surface area contributed by atoms with Crippen LogP contribution in [0.1, 0.15) is 13.3 Å². The molecule has 1 saturated heterocycles. The number of β-amino-alcohol motifs (C(OH)–C–C–N with tert-alkyl or cyclic N) is 1. The molecule has 15 heavy (non-hydrogen) atoms. The number of halogens is 2. The van der Waals surface area contributed by atoms with Crippen LogP contribution in [0.15, 0.2) is 21.2 Å². The first kappa shape index (κ1) is 11.4. The third-order valence-electron chi connectivity index (χ3n) is 2.72. The van der Waals surface area contributed by atoms with Crippen LogP contribution >= 0.6 is 31.9 Å². The average Bonchev–Trinajstić information content (AvgIpc) is 2.14. The van der Waals surface area contributed by atoms with E-state index in [1.807, 2.05) is 13.0 Å². The Morgan fingerprint density at radius 2 is 2.20 bits per heavy atom. The zero-order chi connectivity index (χ0) is 11.1. The number of hydrogen-bond donors (Lipinski definition) is 1. The highest BCUT2D eigenvalue weighted by atomic mass is 79.9. The minimum Gasteiger partial charge on any atom is -0.386 e. The fraction of sp³-hybridized carbons (Fsp3) is 0.500. The molecule has 1 aliphatic rings. The topological polar surface area (TPSA) is 36.4 Å². The Hall–Kier alpha value is -0.130. The Labute approximate surface area is 106 Å². The summed E-state index contributed by atoms with van der Waals surface area (Å²) in [7, 11) is 0. The number of nitrogens with zero attached hydrogens (tertiary/aromatic N) is 2. The fourth-order valence-electron chi connectivity index (χ4n) is 1.68. The molecule has 5 heteroatoms. The molecule has 2 heterocycles. The standard InChI is InChI=1S/C10H12Br2N2O/c1-2-10(15)5-14(6-10)9-8(12)3-7(11)4-13-9/h3-4,15H,2,5-6H2,1H3. The lowest BCUT2D eigenvalue weighted by atomic mass is 9.91. The summed E-state index contributed by atoms with van der Waals surface area (Å²) < 4.78 is 1.90. The molecule has 0 amide bonds. The number of aromatic nitrogens is 1. The quantitative estimate of drug-likeness (QED) is 0.902. The molecule has 1 fully saturated rings. The molecule has 1 aromatic rings. The number of anilines is 1. The average molecular weight is 336 g/mol. The molecule has 82 valence electrons. The SMILES string of the molecule is CCC1(O)CN(c2ncc(Br)cc2Br)C1. The lowest BCUT2D eigenvalue weighted by Crippen LogP contribution is -2.62. The van der Waals surface area contributed by atoms with E-state index in [0.29, 0.717) is 13.1 Å². The molecule has 0 saturated carbocycles. The third-order valence-corrected chi connectivity index (χ3v) is 3.73. The van der Waals surface area contributed by atoms with Crippen molar-refractivity contribution in [3.8, 4) is 0 Å². The lowest BCUT2D eigenvalue weighted by molar-refractivity contribution is 0.00798. The van der Waals surface area contributed by atoms with Crippen molar-refractivity contribution in [2.24, 2.45) is 0 Å². The van der Waals surface area contributed by atoms with Crippen LogP contribution in [0.2, 0.25) is 0 Å². The van der Waals surface area contributed by atoms with Crippen molar-refractivity contribution in [2.45, 2.75) is 18.9 Å². The van der Waals surface area contributed by atoms with Crippen molar-refractivity contribution in [3.63, 3.8) is 0 Å². The summed E-state index contributed by atoms with van der Waals surface area (Å²) in [6.45, 7) is 3.33. The summed E-state index contributed by atoms with van der Waals surface area (Å²) in [5.74, 6) is 0.899. The van der Waals surface area contributed by atoms with Crippen LogP contribution in [-0.4, -0.2) is 28.8 Å². The van der Waals surface area contributed by atoms with Crippen molar-refractivity contribution in [2.75, 3.05) is 18.0 Å². The summed E-state index contributed by atoms with van der Waals surface area (Å²) in [4.78, 5) is 6.39. The van der Waals surface area contributed by atoms with Gasteiger partial charge in [0.2, 0.25) is 0 Å². The molecule has 1 aromatic heterocycles. The van der Waals surface area contributed by atoms with E-state index in [0.717, 1.165) is 21.2 Å². The Bertz CT molecular complexity index is 378. The summed E-state index contributed by atoms with van der Waals surface area (Å²) in [6.07, 6.45) is 2.56. The zero-order valence-corrected chi connectivity index (χ0v) is 11.5. The van der Waals surface area contributed by atoms with E-state index >= 15 is 0 Å². The van der Waals surface area contributed by atoms with Crippen LogP contribution in [0.5, 0.6) is 0 Å². The monoisotopic (exact) mass is 334 g/mol. The lowest BCUT2D eigenvalue weighted by Gasteiger charge is -2.47. The summed E-state index contributed by atoms with van der Waals surface area (Å²) in [5, 5.41) is 9.90. The second-order valence-corrected chi connectivity index (χ2v) is 5.66. The molecular weight excluding hydrogens is 324 g/mol. The van der Waals surface area contributed by atoms with Gasteiger partial charge < -0.3 is 10.0 Å². The van der Waals surface area contributed by atoms with Gasteiger partial charge in [-0.05, 0) is 44.3 Å². The van der Waals surface area contributed by atoms with Crippen molar-refractivity contribution in [1.82, 2.24) is 4.98 Å². The number of pyridine rings is 1. The van der Waals surface area contributed by atoms with E-state index in [4.69, 9.17) is 0 Å². The number of aliphatic hydroxyl groups is 1. The molecule has 0 atom stereocenters. The molecule has 0 radical (unpaired) electrons. The molecule has 0 spiro atoms. The minimum atomic E-state index is -0.520. The summed E-state index contributed by atoms with van der Waals surface area (Å²) in [5.41, 5.74) is -0.520. The maximum Gasteiger partial charge on any atom is 0.143 e. The van der Waals surface area contributed by atoms with Gasteiger partial charge in [-0.25, -0.2) is 4.98 Å². The van der Waals surface area contributed by atoms with Gasteiger partial charge in [0.1, 0.15) is 5.82 Å². The van der Waals surface area contributed by atoms with Crippen LogP contribution in [0.4, 0.5) is 5.82 Å². The Morgan fingerprint density at radius 1 is 1.53 bits per heavy atom. The van der Waals surface area contributed by atoms with E-state index in [9.17, 15) is 5.11 Å². The second kappa shape index (κ2) is 4.03. The van der Waals surface area contributed by atoms with Gasteiger partial charge >= 0.3 is 0 Å². The van der Waals surface area contributed by atoms with Crippen molar-refractivity contribution in [3.05, 3.63) is 21.2 Å². The highest BCUT2D eigenvalue weighted by molar-refractivity contribution is 9.11. The van der Waals surface area contributed by atoms with Gasteiger partial charge in [0.15, 0.2) is 0 Å². The molecule has 0 aliphatic carbocycles. The molecule has 0 bridgehead atoms. The minimum absolute atomic E-state index is 0.520. The van der Waals surface area contributed by atoms with Crippen LogP contribution in [-0.2, 0) is 0 Å². The van der Waals surface area contributed by atoms with E-state index in [1.54, 1.807) is 6.20 Å². The van der Waals surface area contributed by atoms with Gasteiger partial charge in [-0.15, -0.1) is 0 Å². The van der Waals surface area contributed by atoms with E-state index < -0.39 is 5.60 Å². The Morgan fingerprint density at radius 3 is 2.73 bits per heavy atom. The van der Waals surface area contributed by atoms with Crippen molar-refractivity contribution in [1.29, 1.82) is 0 Å². The van der Waals surface area contributed by atoms with Crippen molar-refractivity contribution < 1.29 is 5.11 Å². The van der Waals surface area contributed by atoms with Crippen LogP contribution in [0.3, 0.4) is 0 Å². The Kier molecular flexibility index (Phi) is 3.05. The first-order valence-corrected chi connectivity index (χ1v) is 6.41. The predicted molar refractivity (Wildman–Crippen MR) is 67.1 cm³/mol. The van der Waals surface area contributed by atoms with E-state index in [1.165, 1.54) is 0 Å². The second-order valence-electron chi connectivity index (χ2n) is 3.89. The molecule has 0 unspecified atom stereocenters. The van der Waals surface area contributed by atoms with E-state index in [2.05, 4.69) is 41.7 Å². The molecule has 2 rings (SSSR count). The smallest absolute Gasteiger partial charge is 0.143 e. The molecular formula is C10H12Br2N2O. The van der Waals surface area contributed by atoms with Gasteiger partial charge in [0, 0.05) is 23.8 Å². The molecule has 0 aromatic carbocycles. The van der Waals surface area contributed by atoms with E-state index in [-0.39, 0.29) is 0 Å². The van der Waals surface area contributed by atoms with Gasteiger partial charge in [-0.1, -0.05) is 6.92 Å². The fourth-order valence-corrected chi connectivity index (χ4v) is 2.92. The van der Waals surface area contributed by atoms with Crippen molar-refractivity contribution >= 4 is 37.7 Å². The van der Waals surface area contributed by atoms with Gasteiger partial charge in [-0.2, -0.15) is 0 Å². The van der Waals surface area contributed by atoms with Crippen LogP contribution in [0.25, 0.3) is 0 Å². The maximum absolute atomic E-state index is 9.90. The molecule has 1 aliphatic heterocycles. The predicted octanol–water partition coefficient (Wildman–Crippen LogP) is 2.57. The van der Waals surface area contributed by atoms with Gasteiger partial charge in [0.05, 0.1) is 10.1 Å². The van der Waals surface area contributed by atoms with Gasteiger partial charge in [0.25, 0.3) is 0 Å². The van der Waals surface area contributed by atoms with Gasteiger partial charge in [-0.3, -0.25) is 0 Å². The van der Waals surface area contributed by atoms with Crippen LogP contribution < -0.4 is 4.90 Å². The highest BCUT2D eigenvalue weighted by Crippen LogP contribution is 2.34.